The van der Waals surface area contributed by atoms with Crippen LogP contribution < -0.4 is 15.6 Å². The molecule has 0 atom stereocenters. The number of hydrogen-bond acceptors (Lipinski definition) is 6. The van der Waals surface area contributed by atoms with Gasteiger partial charge in [0.15, 0.2) is 11.2 Å². The van der Waals surface area contributed by atoms with Crippen molar-refractivity contribution in [3.05, 3.63) is 70.2 Å². The lowest BCUT2D eigenvalue weighted by Crippen LogP contribution is -2.28. The average Bonchev–Trinajstić information content (AvgIpc) is 3.16. The molecule has 2 heterocycles. The highest BCUT2D eigenvalue weighted by Crippen LogP contribution is 2.16. The third-order valence-electron chi connectivity index (χ3n) is 4.19. The van der Waals surface area contributed by atoms with Crippen LogP contribution in [0, 0.1) is 0 Å². The Balaban J connectivity index is 1.56. The van der Waals surface area contributed by atoms with Crippen molar-refractivity contribution in [3.63, 3.8) is 0 Å². The van der Waals surface area contributed by atoms with Crippen LogP contribution in [-0.2, 0) is 11.3 Å². The molecule has 0 bridgehead atoms. The minimum absolute atomic E-state index is 0.0692. The van der Waals surface area contributed by atoms with E-state index in [1.807, 2.05) is 0 Å². The van der Waals surface area contributed by atoms with Gasteiger partial charge in [0.2, 0.25) is 5.91 Å². The van der Waals surface area contributed by atoms with Crippen molar-refractivity contribution in [2.75, 3.05) is 12.4 Å². The molecule has 0 aliphatic rings. The molecule has 4 aromatic rings. The van der Waals surface area contributed by atoms with Crippen LogP contribution in [0.2, 0.25) is 5.02 Å². The van der Waals surface area contributed by atoms with Crippen LogP contribution in [0.15, 0.2) is 59.7 Å². The van der Waals surface area contributed by atoms with Crippen LogP contribution in [-0.4, -0.2) is 37.6 Å². The molecule has 2 aromatic carbocycles. The highest BCUT2D eigenvalue weighted by molar-refractivity contribution is 6.30. The predicted molar refractivity (Wildman–Crippen MR) is 108 cm³/mol. The number of methoxy groups -OCH3 is 1. The summed E-state index contributed by atoms with van der Waals surface area (Å²) < 4.78 is 7.70. The molecule has 0 aliphatic heterocycles. The first-order valence-corrected chi connectivity index (χ1v) is 8.93. The van der Waals surface area contributed by atoms with E-state index < -0.39 is 5.56 Å². The molecule has 10 heteroatoms. The summed E-state index contributed by atoms with van der Waals surface area (Å²) >= 11 is 5.90. The molecular formula is C19H15ClN6O3. The van der Waals surface area contributed by atoms with E-state index in [1.54, 1.807) is 55.6 Å². The Kier molecular flexibility index (Phi) is 4.96. The van der Waals surface area contributed by atoms with E-state index in [1.165, 1.54) is 15.6 Å². The van der Waals surface area contributed by atoms with Crippen molar-refractivity contribution in [1.82, 2.24) is 24.5 Å². The van der Waals surface area contributed by atoms with E-state index in [9.17, 15) is 9.59 Å². The number of rotatable bonds is 5. The first-order valence-electron chi connectivity index (χ1n) is 8.56. The molecule has 9 nitrogen and oxygen atoms in total. The molecule has 1 N–H and O–H groups in total. The van der Waals surface area contributed by atoms with Crippen LogP contribution in [0.1, 0.15) is 0 Å². The van der Waals surface area contributed by atoms with Gasteiger partial charge in [-0.05, 0) is 48.5 Å². The van der Waals surface area contributed by atoms with Gasteiger partial charge in [-0.25, -0.2) is 4.98 Å². The van der Waals surface area contributed by atoms with Crippen LogP contribution in [0.5, 0.6) is 5.75 Å². The fourth-order valence-electron chi connectivity index (χ4n) is 2.74. The van der Waals surface area contributed by atoms with Gasteiger partial charge in [0.1, 0.15) is 18.6 Å². The van der Waals surface area contributed by atoms with Crippen molar-refractivity contribution in [3.8, 4) is 11.4 Å². The maximum atomic E-state index is 12.7. The van der Waals surface area contributed by atoms with Gasteiger partial charge < -0.3 is 10.1 Å². The lowest BCUT2D eigenvalue weighted by molar-refractivity contribution is -0.116. The van der Waals surface area contributed by atoms with Crippen molar-refractivity contribution in [2.24, 2.45) is 0 Å². The number of carbonyl (C=O) groups excluding carboxylic acids is 1. The summed E-state index contributed by atoms with van der Waals surface area (Å²) in [5, 5.41) is 11.2. The summed E-state index contributed by atoms with van der Waals surface area (Å²) in [5.41, 5.74) is 1.16. The van der Waals surface area contributed by atoms with Gasteiger partial charge in [-0.3, -0.25) is 14.2 Å². The number of aromatic nitrogens is 5. The van der Waals surface area contributed by atoms with Crippen molar-refractivity contribution < 1.29 is 9.53 Å². The second kappa shape index (κ2) is 7.72. The normalized spacial score (nSPS) is 10.8. The van der Waals surface area contributed by atoms with Crippen molar-refractivity contribution in [2.45, 2.75) is 6.54 Å². The molecule has 1 amide bonds. The molecule has 29 heavy (non-hydrogen) atoms. The van der Waals surface area contributed by atoms with Gasteiger partial charge in [-0.15, -0.1) is 5.10 Å². The maximum absolute atomic E-state index is 12.7. The fraction of sp³-hybridized carbons (Fsp3) is 0.105. The number of halogens is 1. The largest absolute Gasteiger partial charge is 0.497 e. The average molecular weight is 411 g/mol. The van der Waals surface area contributed by atoms with Crippen molar-refractivity contribution >= 4 is 34.4 Å². The maximum Gasteiger partial charge on any atom is 0.284 e. The Bertz CT molecular complexity index is 1230. The Hall–Kier alpha value is -3.72. The molecule has 0 unspecified atom stereocenters. The zero-order chi connectivity index (χ0) is 20.4. The first kappa shape index (κ1) is 18.6. The van der Waals surface area contributed by atoms with Gasteiger partial charge in [-0.1, -0.05) is 16.8 Å². The van der Waals surface area contributed by atoms with E-state index in [4.69, 9.17) is 16.3 Å². The second-order valence-corrected chi connectivity index (χ2v) is 6.54. The van der Waals surface area contributed by atoms with Gasteiger partial charge in [0.05, 0.1) is 12.8 Å². The monoisotopic (exact) mass is 410 g/mol. The number of anilines is 1. The number of ether oxygens (including phenoxy) is 1. The van der Waals surface area contributed by atoms with E-state index >= 15 is 0 Å². The third kappa shape index (κ3) is 3.81. The molecular weight excluding hydrogens is 396 g/mol. The summed E-state index contributed by atoms with van der Waals surface area (Å²) in [4.78, 5) is 29.2. The highest BCUT2D eigenvalue weighted by Gasteiger charge is 2.15. The number of carbonyl (C=O) groups is 1. The summed E-state index contributed by atoms with van der Waals surface area (Å²) in [5.74, 6) is 0.307. The van der Waals surface area contributed by atoms with Crippen molar-refractivity contribution in [1.29, 1.82) is 0 Å². The molecule has 0 radical (unpaired) electrons. The standard InChI is InChI=1S/C19H15ClN6O3/c1-29-15-8-4-13(5-9-15)22-16(27)10-25-11-21-18-17(19(25)28)23-24-26(18)14-6-2-12(20)3-7-14/h2-9,11H,10H2,1H3,(H,22,27). The van der Waals surface area contributed by atoms with Gasteiger partial charge in [0.25, 0.3) is 5.56 Å². The lowest BCUT2D eigenvalue weighted by Gasteiger charge is -2.08. The predicted octanol–water partition coefficient (Wildman–Crippen LogP) is 2.28. The molecule has 0 fully saturated rings. The SMILES string of the molecule is COc1ccc(NC(=O)Cn2cnc3c(nnn3-c3ccc(Cl)cc3)c2=O)cc1. The molecule has 0 spiro atoms. The topological polar surface area (TPSA) is 104 Å². The van der Waals surface area contributed by atoms with Crippen LogP contribution in [0.4, 0.5) is 5.69 Å². The number of nitrogens with zero attached hydrogens (tertiary/aromatic N) is 5. The second-order valence-electron chi connectivity index (χ2n) is 6.10. The summed E-state index contributed by atoms with van der Waals surface area (Å²) in [6.07, 6.45) is 1.30. The van der Waals surface area contributed by atoms with Gasteiger partial charge in [0, 0.05) is 10.7 Å². The van der Waals surface area contributed by atoms with Gasteiger partial charge in [-0.2, -0.15) is 4.68 Å². The lowest BCUT2D eigenvalue weighted by atomic mass is 10.3. The van der Waals surface area contributed by atoms with Crippen LogP contribution in [0.25, 0.3) is 16.9 Å². The Morgan fingerprint density at radius 1 is 1.14 bits per heavy atom. The molecule has 2 aromatic heterocycles. The zero-order valence-electron chi connectivity index (χ0n) is 15.2. The third-order valence-corrected chi connectivity index (χ3v) is 4.44. The minimum atomic E-state index is -0.458. The van der Waals surface area contributed by atoms with E-state index in [0.29, 0.717) is 27.8 Å². The fourth-order valence-corrected chi connectivity index (χ4v) is 2.87. The molecule has 4 rings (SSSR count). The molecule has 0 saturated heterocycles. The van der Waals surface area contributed by atoms with E-state index in [0.717, 1.165) is 0 Å². The van der Waals surface area contributed by atoms with E-state index in [-0.39, 0.29) is 18.0 Å². The molecule has 146 valence electrons. The van der Waals surface area contributed by atoms with Crippen LogP contribution in [0.3, 0.4) is 0 Å². The number of benzene rings is 2. The zero-order valence-corrected chi connectivity index (χ0v) is 16.0. The summed E-state index contributed by atoms with van der Waals surface area (Å²) in [7, 11) is 1.56. The minimum Gasteiger partial charge on any atom is -0.497 e. The quantitative estimate of drug-likeness (QED) is 0.541. The van der Waals surface area contributed by atoms with Gasteiger partial charge >= 0.3 is 0 Å². The molecule has 0 aliphatic carbocycles. The number of hydrogen-bond donors (Lipinski definition) is 1. The number of fused-ring (bicyclic) bond motifs is 1. The van der Waals surface area contributed by atoms with E-state index in [2.05, 4.69) is 20.6 Å². The molecule has 0 saturated carbocycles. The summed E-state index contributed by atoms with van der Waals surface area (Å²) in [6.45, 7) is -0.207. The number of amides is 1. The highest BCUT2D eigenvalue weighted by atomic mass is 35.5. The Labute approximate surface area is 169 Å². The summed E-state index contributed by atoms with van der Waals surface area (Å²) in [6, 6.07) is 13.8. The Morgan fingerprint density at radius 2 is 1.86 bits per heavy atom. The van der Waals surface area contributed by atoms with Crippen LogP contribution >= 0.6 is 11.6 Å². The smallest absolute Gasteiger partial charge is 0.284 e. The Morgan fingerprint density at radius 3 is 2.55 bits per heavy atom. The number of nitrogens with one attached hydrogen (secondary N) is 1. The first-order chi connectivity index (χ1) is 14.0.